The van der Waals surface area contributed by atoms with Crippen LogP contribution in [0.3, 0.4) is 0 Å². The molecule has 5 heteroatoms. The molecule has 0 unspecified atom stereocenters. The summed E-state index contributed by atoms with van der Waals surface area (Å²) in [6, 6.07) is 18.0. The van der Waals surface area contributed by atoms with Gasteiger partial charge in [-0.05, 0) is 30.7 Å². The number of rotatable bonds is 3. The third-order valence-electron chi connectivity index (χ3n) is 4.74. The van der Waals surface area contributed by atoms with Gasteiger partial charge in [-0.1, -0.05) is 36.9 Å². The molecule has 2 aromatic carbocycles. The first-order valence-corrected chi connectivity index (χ1v) is 8.70. The Morgan fingerprint density at radius 2 is 1.93 bits per heavy atom. The van der Waals surface area contributed by atoms with Gasteiger partial charge < -0.3 is 9.47 Å². The molecule has 0 radical (unpaired) electrons. The van der Waals surface area contributed by atoms with Crippen LogP contribution < -0.4 is 0 Å². The maximum Gasteiger partial charge on any atom is 0.161 e. The number of benzene rings is 2. The molecule has 1 aliphatic heterocycles. The van der Waals surface area contributed by atoms with Crippen molar-refractivity contribution in [3.8, 4) is 6.07 Å². The first-order valence-electron chi connectivity index (χ1n) is 8.70. The summed E-state index contributed by atoms with van der Waals surface area (Å²) in [5.74, 6) is 0.780. The van der Waals surface area contributed by atoms with Crippen molar-refractivity contribution in [2.75, 3.05) is 7.05 Å². The molecule has 4 rings (SSSR count). The lowest BCUT2D eigenvalue weighted by Crippen LogP contribution is -2.20. The third kappa shape index (κ3) is 3.02. The van der Waals surface area contributed by atoms with Crippen molar-refractivity contribution >= 4 is 22.4 Å². The van der Waals surface area contributed by atoms with Crippen molar-refractivity contribution in [1.29, 1.82) is 5.26 Å². The summed E-state index contributed by atoms with van der Waals surface area (Å²) in [6.45, 7) is 6.65. The van der Waals surface area contributed by atoms with Crippen LogP contribution in [0.15, 0.2) is 72.0 Å². The summed E-state index contributed by atoms with van der Waals surface area (Å²) in [7, 11) is 1.96. The Morgan fingerprint density at radius 1 is 1.15 bits per heavy atom. The molecule has 5 nitrogen and oxygen atoms in total. The number of allylic oxidation sites excluding steroid dienone is 1. The molecule has 0 atom stereocenters. The van der Waals surface area contributed by atoms with Gasteiger partial charge in [0.1, 0.15) is 5.70 Å². The quantitative estimate of drug-likeness (QED) is 0.710. The molecule has 0 saturated heterocycles. The van der Waals surface area contributed by atoms with E-state index < -0.39 is 0 Å². The van der Waals surface area contributed by atoms with Crippen LogP contribution in [0.2, 0.25) is 0 Å². The number of fused-ring (bicyclic) bond motifs is 1. The maximum atomic E-state index is 9.30. The minimum absolute atomic E-state index is 0.617. The third-order valence-corrected chi connectivity index (χ3v) is 4.74. The second-order valence-corrected chi connectivity index (χ2v) is 6.59. The standard InChI is InChI=1S/C22H19N5/c1-15-16(2)26(3)14-20(24-15)22-25-19-10-9-18(12-23)11-21(19)27(22)13-17-7-5-4-6-8-17/h4-11,14H,2,13H2,1,3H3. The summed E-state index contributed by atoms with van der Waals surface area (Å²) in [5, 5.41) is 9.30. The molecule has 0 amide bonds. The second-order valence-electron chi connectivity index (χ2n) is 6.59. The minimum Gasteiger partial charge on any atom is -0.348 e. The van der Waals surface area contributed by atoms with Gasteiger partial charge in [0.2, 0.25) is 0 Å². The second kappa shape index (κ2) is 6.58. The number of aromatic nitrogens is 2. The molecule has 0 bridgehead atoms. The molecule has 1 aromatic heterocycles. The van der Waals surface area contributed by atoms with E-state index in [1.54, 1.807) is 6.07 Å². The predicted molar refractivity (Wildman–Crippen MR) is 108 cm³/mol. The molecule has 3 aromatic rings. The average molecular weight is 353 g/mol. The van der Waals surface area contributed by atoms with Gasteiger partial charge in [-0.15, -0.1) is 0 Å². The van der Waals surface area contributed by atoms with E-state index in [0.717, 1.165) is 39.5 Å². The van der Waals surface area contributed by atoms with Crippen molar-refractivity contribution in [1.82, 2.24) is 14.5 Å². The molecule has 27 heavy (non-hydrogen) atoms. The smallest absolute Gasteiger partial charge is 0.161 e. The van der Waals surface area contributed by atoms with Gasteiger partial charge in [-0.25, -0.2) is 9.98 Å². The van der Waals surface area contributed by atoms with E-state index in [2.05, 4.69) is 29.3 Å². The van der Waals surface area contributed by atoms with E-state index in [9.17, 15) is 5.26 Å². The average Bonchev–Trinajstić information content (AvgIpc) is 3.04. The van der Waals surface area contributed by atoms with Crippen LogP contribution in [0.4, 0.5) is 0 Å². The topological polar surface area (TPSA) is 57.2 Å². The number of hydrogen-bond acceptors (Lipinski definition) is 4. The van der Waals surface area contributed by atoms with Gasteiger partial charge >= 0.3 is 0 Å². The Balaban J connectivity index is 1.92. The highest BCUT2D eigenvalue weighted by Gasteiger charge is 2.20. The summed E-state index contributed by atoms with van der Waals surface area (Å²) >= 11 is 0. The van der Waals surface area contributed by atoms with Crippen LogP contribution in [0.1, 0.15) is 23.9 Å². The largest absolute Gasteiger partial charge is 0.348 e. The van der Waals surface area contributed by atoms with Crippen LogP contribution in [0, 0.1) is 11.3 Å². The molecular formula is C22H19N5. The zero-order valence-corrected chi connectivity index (χ0v) is 15.3. The molecule has 0 aliphatic carbocycles. The maximum absolute atomic E-state index is 9.30. The van der Waals surface area contributed by atoms with Gasteiger partial charge in [0, 0.05) is 19.8 Å². The fraction of sp³-hybridized carbons (Fsp3) is 0.136. The summed E-state index contributed by atoms with van der Waals surface area (Å²) in [4.78, 5) is 11.5. The normalized spacial score (nSPS) is 14.1. The van der Waals surface area contributed by atoms with Crippen molar-refractivity contribution in [3.05, 3.63) is 84.0 Å². The lowest BCUT2D eigenvalue weighted by Gasteiger charge is -2.23. The SMILES string of the molecule is C=C1C(C)=NC(c2nc3ccc(C#N)cc3n2Cc2ccccc2)=CN1C. The zero-order valence-electron chi connectivity index (χ0n) is 15.3. The molecule has 0 fully saturated rings. The van der Waals surface area contributed by atoms with Gasteiger partial charge in [0.15, 0.2) is 5.82 Å². The fourth-order valence-corrected chi connectivity index (χ4v) is 3.21. The van der Waals surface area contributed by atoms with Crippen molar-refractivity contribution < 1.29 is 0 Å². The molecule has 0 saturated carbocycles. The number of aliphatic imine (C=N–C) groups is 1. The molecule has 0 N–H and O–H groups in total. The first-order chi connectivity index (χ1) is 13.1. The van der Waals surface area contributed by atoms with Gasteiger partial charge in [0.25, 0.3) is 0 Å². The number of imidazole rings is 1. The Labute approximate surface area is 158 Å². The Hall–Kier alpha value is -3.65. The highest BCUT2D eigenvalue weighted by atomic mass is 15.2. The number of nitrogens with zero attached hydrogens (tertiary/aromatic N) is 5. The van der Waals surface area contributed by atoms with Crippen LogP contribution in [0.5, 0.6) is 0 Å². The van der Waals surface area contributed by atoms with E-state index in [0.29, 0.717) is 12.1 Å². The fourth-order valence-electron chi connectivity index (χ4n) is 3.21. The molecule has 132 valence electrons. The lowest BCUT2D eigenvalue weighted by atomic mass is 10.2. The predicted octanol–water partition coefficient (Wildman–Crippen LogP) is 4.17. The summed E-state index contributed by atoms with van der Waals surface area (Å²) in [5.41, 5.74) is 6.08. The first kappa shape index (κ1) is 16.8. The highest BCUT2D eigenvalue weighted by Crippen LogP contribution is 2.28. The summed E-state index contributed by atoms with van der Waals surface area (Å²) in [6.07, 6.45) is 1.95. The molecule has 0 spiro atoms. The van der Waals surface area contributed by atoms with Crippen molar-refractivity contribution in [2.24, 2.45) is 4.99 Å². The Morgan fingerprint density at radius 3 is 2.63 bits per heavy atom. The monoisotopic (exact) mass is 353 g/mol. The van der Waals surface area contributed by atoms with E-state index in [1.807, 2.05) is 55.4 Å². The summed E-state index contributed by atoms with van der Waals surface area (Å²) < 4.78 is 2.12. The number of hydrogen-bond donors (Lipinski definition) is 0. The van der Waals surface area contributed by atoms with E-state index in [4.69, 9.17) is 9.98 Å². The molecule has 1 aliphatic rings. The minimum atomic E-state index is 0.617. The van der Waals surface area contributed by atoms with E-state index >= 15 is 0 Å². The highest BCUT2D eigenvalue weighted by molar-refractivity contribution is 6.02. The van der Waals surface area contributed by atoms with Gasteiger partial charge in [0.05, 0.1) is 34.1 Å². The van der Waals surface area contributed by atoms with E-state index in [-0.39, 0.29) is 0 Å². The Kier molecular flexibility index (Phi) is 4.09. The van der Waals surface area contributed by atoms with Gasteiger partial charge in [-0.3, -0.25) is 0 Å². The van der Waals surface area contributed by atoms with Crippen LogP contribution in [0.25, 0.3) is 16.7 Å². The van der Waals surface area contributed by atoms with Crippen LogP contribution >= 0.6 is 0 Å². The van der Waals surface area contributed by atoms with Crippen LogP contribution in [-0.4, -0.2) is 27.2 Å². The lowest BCUT2D eigenvalue weighted by molar-refractivity contribution is 0.594. The van der Waals surface area contributed by atoms with Crippen molar-refractivity contribution in [2.45, 2.75) is 13.5 Å². The van der Waals surface area contributed by atoms with E-state index in [1.165, 1.54) is 0 Å². The van der Waals surface area contributed by atoms with Gasteiger partial charge in [-0.2, -0.15) is 5.26 Å². The molecular weight excluding hydrogens is 334 g/mol. The van der Waals surface area contributed by atoms with Crippen LogP contribution in [-0.2, 0) is 6.54 Å². The Bertz CT molecular complexity index is 1140. The molecule has 2 heterocycles. The number of nitriles is 1. The van der Waals surface area contributed by atoms with Crippen molar-refractivity contribution in [3.63, 3.8) is 0 Å². The zero-order chi connectivity index (χ0) is 19.0.